The van der Waals surface area contributed by atoms with E-state index in [9.17, 15) is 14.0 Å². The predicted octanol–water partition coefficient (Wildman–Crippen LogP) is 3.84. The van der Waals surface area contributed by atoms with E-state index >= 15 is 0 Å². The molecule has 0 radical (unpaired) electrons. The Labute approximate surface area is 178 Å². The zero-order valence-corrected chi connectivity index (χ0v) is 17.0. The zero-order chi connectivity index (χ0) is 20.9. The summed E-state index contributed by atoms with van der Waals surface area (Å²) < 4.78 is 18.8. The van der Waals surface area contributed by atoms with Crippen molar-refractivity contribution in [1.29, 1.82) is 0 Å². The number of ketones is 1. The molecule has 1 aromatic carbocycles. The number of benzene rings is 1. The van der Waals surface area contributed by atoms with Gasteiger partial charge in [-0.15, -0.1) is 0 Å². The molecule has 0 atom stereocenters. The number of nitrogens with zero attached hydrogens (tertiary/aromatic N) is 2. The van der Waals surface area contributed by atoms with Crippen LogP contribution in [0.3, 0.4) is 0 Å². The SMILES string of the molecule is O=C(COc1ccc(Cl)c(F)c1)CC12CC(NC(=O)c3cnc(C4CC4)nc3)(C1)C2. The van der Waals surface area contributed by atoms with Gasteiger partial charge in [0.15, 0.2) is 5.78 Å². The fraction of sp³-hybridized carbons (Fsp3) is 0.455. The van der Waals surface area contributed by atoms with Crippen LogP contribution in [0, 0.1) is 11.2 Å². The van der Waals surface area contributed by atoms with E-state index in [4.69, 9.17) is 16.3 Å². The van der Waals surface area contributed by atoms with Crippen LogP contribution in [0.2, 0.25) is 5.02 Å². The summed E-state index contributed by atoms with van der Waals surface area (Å²) in [7, 11) is 0. The highest BCUT2D eigenvalue weighted by Gasteiger charge is 2.68. The normalized spacial score (nSPS) is 26.3. The summed E-state index contributed by atoms with van der Waals surface area (Å²) in [5.41, 5.74) is 0.204. The fourth-order valence-electron chi connectivity index (χ4n) is 4.84. The standard InChI is InChI=1S/C22H21ClFN3O3/c23-17-4-3-16(5-18(17)24)30-9-15(28)6-21-10-22(11-21,12-21)27-20(29)14-7-25-19(26-8-14)13-1-2-13/h3-5,7-8,13H,1-2,6,9-12H2,(H,27,29). The molecule has 4 fully saturated rings. The molecule has 2 aromatic rings. The van der Waals surface area contributed by atoms with E-state index in [1.807, 2.05) is 0 Å². The molecule has 1 N–H and O–H groups in total. The topological polar surface area (TPSA) is 81.2 Å². The first-order valence-corrected chi connectivity index (χ1v) is 10.5. The van der Waals surface area contributed by atoms with Crippen molar-refractivity contribution in [3.8, 4) is 5.75 Å². The highest BCUT2D eigenvalue weighted by Crippen LogP contribution is 2.69. The van der Waals surface area contributed by atoms with E-state index in [0.717, 1.165) is 37.9 Å². The lowest BCUT2D eigenvalue weighted by Gasteiger charge is -2.70. The van der Waals surface area contributed by atoms with Crippen molar-refractivity contribution in [2.45, 2.75) is 50.0 Å². The second-order valence-corrected chi connectivity index (χ2v) is 9.36. The molecule has 0 unspecified atom stereocenters. The Morgan fingerprint density at radius 1 is 1.20 bits per heavy atom. The van der Waals surface area contributed by atoms with Crippen LogP contribution in [-0.4, -0.2) is 33.8 Å². The third-order valence-electron chi connectivity index (χ3n) is 6.26. The number of ether oxygens (including phenoxy) is 1. The van der Waals surface area contributed by atoms with Gasteiger partial charge in [-0.2, -0.15) is 0 Å². The quantitative estimate of drug-likeness (QED) is 0.689. The average Bonchev–Trinajstić information content (AvgIpc) is 3.51. The number of hydrogen-bond donors (Lipinski definition) is 1. The van der Waals surface area contributed by atoms with E-state index in [1.165, 1.54) is 18.2 Å². The van der Waals surface area contributed by atoms with Crippen LogP contribution in [0.4, 0.5) is 4.39 Å². The molecule has 4 aliphatic carbocycles. The van der Waals surface area contributed by atoms with Gasteiger partial charge in [0.2, 0.25) is 0 Å². The first-order chi connectivity index (χ1) is 14.4. The molecule has 156 valence electrons. The molecule has 0 saturated heterocycles. The van der Waals surface area contributed by atoms with Crippen LogP contribution in [0.1, 0.15) is 60.6 Å². The van der Waals surface area contributed by atoms with Crippen molar-refractivity contribution in [3.63, 3.8) is 0 Å². The van der Waals surface area contributed by atoms with Gasteiger partial charge < -0.3 is 10.1 Å². The Morgan fingerprint density at radius 3 is 2.53 bits per heavy atom. The van der Waals surface area contributed by atoms with Gasteiger partial charge in [-0.1, -0.05) is 11.6 Å². The summed E-state index contributed by atoms with van der Waals surface area (Å²) in [6.07, 6.45) is 8.19. The highest BCUT2D eigenvalue weighted by molar-refractivity contribution is 6.30. The zero-order valence-electron chi connectivity index (χ0n) is 16.3. The van der Waals surface area contributed by atoms with Crippen LogP contribution in [0.5, 0.6) is 5.75 Å². The van der Waals surface area contributed by atoms with Crippen molar-refractivity contribution in [3.05, 3.63) is 52.8 Å². The molecule has 1 amide bonds. The van der Waals surface area contributed by atoms with Crippen LogP contribution in [0.15, 0.2) is 30.6 Å². The molecule has 0 spiro atoms. The predicted molar refractivity (Wildman–Crippen MR) is 107 cm³/mol. The highest BCUT2D eigenvalue weighted by atomic mass is 35.5. The fourth-order valence-corrected chi connectivity index (χ4v) is 4.96. The maximum atomic E-state index is 13.4. The van der Waals surface area contributed by atoms with E-state index in [2.05, 4.69) is 15.3 Å². The van der Waals surface area contributed by atoms with Gasteiger partial charge in [0.05, 0.1) is 10.6 Å². The molecule has 4 aliphatic rings. The number of Topliss-reactive ketones (excluding diaryl/α,β-unsaturated/α-hetero) is 1. The molecule has 6 rings (SSSR count). The van der Waals surface area contributed by atoms with Gasteiger partial charge in [0.1, 0.15) is 24.0 Å². The van der Waals surface area contributed by atoms with Crippen LogP contribution in [0.25, 0.3) is 0 Å². The van der Waals surface area contributed by atoms with Gasteiger partial charge in [0.25, 0.3) is 5.91 Å². The number of amides is 1. The Balaban J connectivity index is 1.08. The summed E-state index contributed by atoms with van der Waals surface area (Å²) in [5.74, 6) is 0.782. The molecule has 1 heterocycles. The Hall–Kier alpha value is -2.54. The van der Waals surface area contributed by atoms with Crippen molar-refractivity contribution in [2.75, 3.05) is 6.61 Å². The lowest BCUT2D eigenvalue weighted by atomic mass is 9.38. The molecule has 6 nitrogen and oxygen atoms in total. The van der Waals surface area contributed by atoms with Gasteiger partial charge >= 0.3 is 0 Å². The number of carbonyl (C=O) groups excluding carboxylic acids is 2. The van der Waals surface area contributed by atoms with Gasteiger partial charge in [-0.25, -0.2) is 14.4 Å². The second-order valence-electron chi connectivity index (χ2n) is 8.95. The summed E-state index contributed by atoms with van der Waals surface area (Å²) in [6, 6.07) is 4.10. The lowest BCUT2D eigenvalue weighted by Crippen LogP contribution is -2.75. The largest absolute Gasteiger partial charge is 0.486 e. The summed E-state index contributed by atoms with van der Waals surface area (Å²) in [4.78, 5) is 33.4. The number of halogens is 2. The van der Waals surface area contributed by atoms with Crippen molar-refractivity contribution >= 4 is 23.3 Å². The number of carbonyl (C=O) groups is 2. The molecular weight excluding hydrogens is 409 g/mol. The van der Waals surface area contributed by atoms with E-state index in [-0.39, 0.29) is 40.0 Å². The first kappa shape index (κ1) is 19.4. The Bertz CT molecular complexity index is 1000. The summed E-state index contributed by atoms with van der Waals surface area (Å²) in [5, 5.41) is 3.11. The minimum absolute atomic E-state index is 0.0142. The minimum atomic E-state index is -0.578. The van der Waals surface area contributed by atoms with Gasteiger partial charge in [-0.3, -0.25) is 9.59 Å². The second kappa shape index (κ2) is 7.01. The number of nitrogens with one attached hydrogen (secondary N) is 1. The number of hydrogen-bond acceptors (Lipinski definition) is 5. The minimum Gasteiger partial charge on any atom is -0.486 e. The number of rotatable bonds is 8. The smallest absolute Gasteiger partial charge is 0.254 e. The molecule has 2 bridgehead atoms. The molecule has 4 saturated carbocycles. The Kier molecular flexibility index (Phi) is 4.54. The number of aromatic nitrogens is 2. The molecule has 8 heteroatoms. The third-order valence-corrected chi connectivity index (χ3v) is 6.56. The average molecular weight is 430 g/mol. The lowest BCUT2D eigenvalue weighted by molar-refractivity contribution is -0.162. The molecule has 0 aliphatic heterocycles. The van der Waals surface area contributed by atoms with Gasteiger partial charge in [0, 0.05) is 36.3 Å². The maximum absolute atomic E-state index is 13.4. The molecular formula is C22H21ClFN3O3. The van der Waals surface area contributed by atoms with Crippen molar-refractivity contribution in [1.82, 2.24) is 15.3 Å². The molecule has 30 heavy (non-hydrogen) atoms. The van der Waals surface area contributed by atoms with Crippen LogP contribution in [-0.2, 0) is 4.79 Å². The maximum Gasteiger partial charge on any atom is 0.254 e. The van der Waals surface area contributed by atoms with E-state index in [1.54, 1.807) is 12.4 Å². The molecule has 1 aromatic heterocycles. The van der Waals surface area contributed by atoms with Crippen LogP contribution < -0.4 is 10.1 Å². The monoisotopic (exact) mass is 429 g/mol. The van der Waals surface area contributed by atoms with Crippen LogP contribution >= 0.6 is 11.6 Å². The van der Waals surface area contributed by atoms with Gasteiger partial charge in [-0.05, 0) is 49.7 Å². The van der Waals surface area contributed by atoms with Crippen molar-refractivity contribution < 1.29 is 18.7 Å². The van der Waals surface area contributed by atoms with E-state index < -0.39 is 5.82 Å². The summed E-state index contributed by atoms with van der Waals surface area (Å²) in [6.45, 7) is -0.104. The van der Waals surface area contributed by atoms with E-state index in [0.29, 0.717) is 17.9 Å². The Morgan fingerprint density at radius 2 is 1.90 bits per heavy atom. The first-order valence-electron chi connectivity index (χ1n) is 10.1. The van der Waals surface area contributed by atoms with Crippen molar-refractivity contribution in [2.24, 2.45) is 5.41 Å². The summed E-state index contributed by atoms with van der Waals surface area (Å²) >= 11 is 5.64. The third kappa shape index (κ3) is 3.67.